The largest absolute Gasteiger partial charge is 0.388 e. The van der Waals surface area contributed by atoms with Crippen LogP contribution in [0.3, 0.4) is 0 Å². The summed E-state index contributed by atoms with van der Waals surface area (Å²) in [4.78, 5) is 13.6. The number of carbonyl (C=O) groups excluding carboxylic acids is 1. The van der Waals surface area contributed by atoms with Crippen molar-refractivity contribution >= 4 is 5.91 Å². The van der Waals surface area contributed by atoms with E-state index in [-0.39, 0.29) is 11.5 Å². The van der Waals surface area contributed by atoms with Crippen LogP contribution in [0.1, 0.15) is 6.42 Å². The van der Waals surface area contributed by atoms with Crippen molar-refractivity contribution in [1.29, 1.82) is 5.26 Å². The number of rotatable bonds is 9. The van der Waals surface area contributed by atoms with Crippen LogP contribution in [0.25, 0.3) is 0 Å². The molecule has 6 heteroatoms. The molecule has 0 saturated carbocycles. The van der Waals surface area contributed by atoms with E-state index in [4.69, 9.17) is 10.00 Å². The van der Waals surface area contributed by atoms with Gasteiger partial charge in [-0.05, 0) is 20.5 Å². The molecule has 0 spiro atoms. The maximum absolute atomic E-state index is 11.6. The molecule has 102 valence electrons. The van der Waals surface area contributed by atoms with Crippen LogP contribution in [0, 0.1) is 11.3 Å². The number of ether oxygens (including phenoxy) is 1. The second kappa shape index (κ2) is 10.6. The Morgan fingerprint density at radius 2 is 2.17 bits per heavy atom. The van der Waals surface area contributed by atoms with Gasteiger partial charge in [-0.15, -0.1) is 0 Å². The molecule has 0 aromatic heterocycles. The summed E-state index contributed by atoms with van der Waals surface area (Å²) >= 11 is 0. The molecule has 0 fully saturated rings. The van der Waals surface area contributed by atoms with Gasteiger partial charge in [0.1, 0.15) is 11.6 Å². The number of nitrogens with one attached hydrogen (secondary N) is 2. The molecule has 0 aromatic rings. The van der Waals surface area contributed by atoms with Gasteiger partial charge in [0, 0.05) is 39.6 Å². The summed E-state index contributed by atoms with van der Waals surface area (Å²) in [6.07, 6.45) is 2.18. The standard InChI is InChI=1S/C12H22N4O2/c1-16(2)7-6-14-10-11(9-13)12(17)15-5-4-8-18-3/h10,14H,4-8H2,1-3H3,(H,15,17)/b11-10-. The third-order valence-corrected chi connectivity index (χ3v) is 2.13. The molecule has 18 heavy (non-hydrogen) atoms. The minimum atomic E-state index is -0.356. The van der Waals surface area contributed by atoms with E-state index < -0.39 is 0 Å². The van der Waals surface area contributed by atoms with Crippen molar-refractivity contribution in [2.75, 3.05) is 47.4 Å². The van der Waals surface area contributed by atoms with Gasteiger partial charge in [0.05, 0.1) is 0 Å². The lowest BCUT2D eigenvalue weighted by molar-refractivity contribution is -0.117. The SMILES string of the molecule is COCCCNC(=O)/C(C#N)=C\NCCN(C)C. The lowest BCUT2D eigenvalue weighted by Gasteiger charge is -2.09. The van der Waals surface area contributed by atoms with E-state index in [9.17, 15) is 4.79 Å². The first-order valence-corrected chi connectivity index (χ1v) is 5.87. The Labute approximate surface area is 109 Å². The Hall–Kier alpha value is -1.58. The van der Waals surface area contributed by atoms with E-state index in [1.54, 1.807) is 7.11 Å². The van der Waals surface area contributed by atoms with Crippen LogP contribution in [-0.2, 0) is 9.53 Å². The first-order valence-electron chi connectivity index (χ1n) is 5.87. The highest BCUT2D eigenvalue weighted by molar-refractivity contribution is 5.97. The van der Waals surface area contributed by atoms with E-state index in [0.29, 0.717) is 19.7 Å². The van der Waals surface area contributed by atoms with E-state index in [1.165, 1.54) is 6.20 Å². The molecule has 0 aromatic carbocycles. The van der Waals surface area contributed by atoms with Crippen LogP contribution in [0.15, 0.2) is 11.8 Å². The quantitative estimate of drug-likeness (QED) is 0.335. The highest BCUT2D eigenvalue weighted by Gasteiger charge is 2.07. The molecule has 0 bridgehead atoms. The fourth-order valence-corrected chi connectivity index (χ4v) is 1.12. The number of likely N-dealkylation sites (N-methyl/N-ethyl adjacent to an activating group) is 1. The number of amides is 1. The predicted octanol–water partition coefficient (Wildman–Crippen LogP) is -0.302. The van der Waals surface area contributed by atoms with E-state index in [0.717, 1.165) is 13.0 Å². The van der Waals surface area contributed by atoms with Crippen molar-refractivity contribution in [3.05, 3.63) is 11.8 Å². The monoisotopic (exact) mass is 254 g/mol. The van der Waals surface area contributed by atoms with E-state index in [2.05, 4.69) is 10.6 Å². The number of hydrogen-bond donors (Lipinski definition) is 2. The van der Waals surface area contributed by atoms with Crippen LogP contribution in [0.5, 0.6) is 0 Å². The summed E-state index contributed by atoms with van der Waals surface area (Å²) in [7, 11) is 5.52. The number of nitrogens with zero attached hydrogens (tertiary/aromatic N) is 2. The van der Waals surface area contributed by atoms with Gasteiger partial charge >= 0.3 is 0 Å². The van der Waals surface area contributed by atoms with Gasteiger partial charge in [0.25, 0.3) is 5.91 Å². The molecule has 6 nitrogen and oxygen atoms in total. The van der Waals surface area contributed by atoms with Gasteiger partial charge in [0.2, 0.25) is 0 Å². The highest BCUT2D eigenvalue weighted by atomic mass is 16.5. The third-order valence-electron chi connectivity index (χ3n) is 2.13. The topological polar surface area (TPSA) is 77.4 Å². The van der Waals surface area contributed by atoms with Gasteiger partial charge in [-0.25, -0.2) is 0 Å². The molecule has 0 heterocycles. The summed E-state index contributed by atoms with van der Waals surface area (Å²) in [6.45, 7) is 2.62. The average Bonchev–Trinajstić information content (AvgIpc) is 2.34. The molecular formula is C12H22N4O2. The Morgan fingerprint density at radius 3 is 2.72 bits per heavy atom. The van der Waals surface area contributed by atoms with E-state index >= 15 is 0 Å². The molecule has 0 rings (SSSR count). The lowest BCUT2D eigenvalue weighted by atomic mass is 10.3. The first-order chi connectivity index (χ1) is 8.61. The molecule has 0 saturated heterocycles. The second-order valence-corrected chi connectivity index (χ2v) is 4.03. The van der Waals surface area contributed by atoms with Crippen molar-refractivity contribution in [2.45, 2.75) is 6.42 Å². The maximum Gasteiger partial charge on any atom is 0.263 e. The van der Waals surface area contributed by atoms with Crippen LogP contribution >= 0.6 is 0 Å². The average molecular weight is 254 g/mol. The molecule has 2 N–H and O–H groups in total. The third kappa shape index (κ3) is 8.56. The summed E-state index contributed by atoms with van der Waals surface area (Å²) in [5, 5.41) is 14.4. The van der Waals surface area contributed by atoms with Gasteiger partial charge in [-0.1, -0.05) is 0 Å². The Bertz CT molecular complexity index is 308. The Morgan fingerprint density at radius 1 is 1.44 bits per heavy atom. The normalized spacial score (nSPS) is 11.2. The number of hydrogen-bond acceptors (Lipinski definition) is 5. The number of methoxy groups -OCH3 is 1. The number of nitriles is 1. The fraction of sp³-hybridized carbons (Fsp3) is 0.667. The molecule has 0 aliphatic rings. The minimum absolute atomic E-state index is 0.0890. The zero-order chi connectivity index (χ0) is 13.8. The molecule has 0 aliphatic carbocycles. The van der Waals surface area contributed by atoms with Crippen LogP contribution in [0.4, 0.5) is 0 Å². The molecular weight excluding hydrogens is 232 g/mol. The summed E-state index contributed by atoms with van der Waals surface area (Å²) in [5.41, 5.74) is 0.0890. The minimum Gasteiger partial charge on any atom is -0.388 e. The summed E-state index contributed by atoms with van der Waals surface area (Å²) < 4.78 is 4.86. The molecule has 0 radical (unpaired) electrons. The molecule has 0 unspecified atom stereocenters. The Kier molecular flexibility index (Phi) is 9.64. The van der Waals surface area contributed by atoms with Crippen LogP contribution in [0.2, 0.25) is 0 Å². The summed E-state index contributed by atoms with van der Waals surface area (Å²) in [6, 6.07) is 1.87. The van der Waals surface area contributed by atoms with Gasteiger partial charge in [-0.3, -0.25) is 4.79 Å². The van der Waals surface area contributed by atoms with E-state index in [1.807, 2.05) is 25.1 Å². The first kappa shape index (κ1) is 16.4. The second-order valence-electron chi connectivity index (χ2n) is 4.03. The van der Waals surface area contributed by atoms with Crippen molar-refractivity contribution in [3.63, 3.8) is 0 Å². The molecule has 1 amide bonds. The van der Waals surface area contributed by atoms with Crippen molar-refractivity contribution in [2.24, 2.45) is 0 Å². The van der Waals surface area contributed by atoms with Gasteiger partial charge in [0.15, 0.2) is 0 Å². The van der Waals surface area contributed by atoms with Crippen molar-refractivity contribution in [1.82, 2.24) is 15.5 Å². The molecule has 0 atom stereocenters. The molecule has 0 aliphatic heterocycles. The van der Waals surface area contributed by atoms with Crippen molar-refractivity contribution in [3.8, 4) is 6.07 Å². The summed E-state index contributed by atoms with van der Waals surface area (Å²) in [5.74, 6) is -0.356. The lowest BCUT2D eigenvalue weighted by Crippen LogP contribution is -2.28. The zero-order valence-electron chi connectivity index (χ0n) is 11.3. The smallest absolute Gasteiger partial charge is 0.263 e. The van der Waals surface area contributed by atoms with Crippen LogP contribution < -0.4 is 10.6 Å². The predicted molar refractivity (Wildman–Crippen MR) is 69.8 cm³/mol. The van der Waals surface area contributed by atoms with Gasteiger partial charge < -0.3 is 20.3 Å². The highest BCUT2D eigenvalue weighted by Crippen LogP contribution is 1.90. The van der Waals surface area contributed by atoms with Crippen molar-refractivity contribution < 1.29 is 9.53 Å². The van der Waals surface area contributed by atoms with Crippen LogP contribution in [-0.4, -0.2) is 58.3 Å². The number of carbonyl (C=O) groups is 1. The maximum atomic E-state index is 11.6. The fourth-order valence-electron chi connectivity index (χ4n) is 1.12. The van der Waals surface area contributed by atoms with Gasteiger partial charge in [-0.2, -0.15) is 5.26 Å². The zero-order valence-corrected chi connectivity index (χ0v) is 11.3. The Balaban J connectivity index is 3.95.